The van der Waals surface area contributed by atoms with Gasteiger partial charge < -0.3 is 14.0 Å². The van der Waals surface area contributed by atoms with Crippen molar-refractivity contribution < 1.29 is 52.0 Å². The summed E-state index contributed by atoms with van der Waals surface area (Å²) in [5, 5.41) is 1.12. The van der Waals surface area contributed by atoms with Crippen LogP contribution in [0.5, 0.6) is 11.5 Å². The summed E-state index contributed by atoms with van der Waals surface area (Å²) in [4.78, 5) is -0.264. The first-order valence-corrected chi connectivity index (χ1v) is 10.7. The van der Waals surface area contributed by atoms with Crippen molar-refractivity contribution in [3.63, 3.8) is 0 Å². The normalized spacial score (nSPS) is 16.4. The number of hydrogen-bond acceptors (Lipinski definition) is 5. The molecule has 26 heavy (non-hydrogen) atoms. The van der Waals surface area contributed by atoms with Crippen molar-refractivity contribution >= 4 is 23.3 Å². The van der Waals surface area contributed by atoms with Gasteiger partial charge in [-0.1, -0.05) is 32.9 Å². The number of methoxy groups -OCH3 is 1. The third-order valence-electron chi connectivity index (χ3n) is 4.18. The van der Waals surface area contributed by atoms with Crippen LogP contribution in [0.2, 0.25) is 0 Å². The Morgan fingerprint density at radius 1 is 1.15 bits per heavy atom. The molecule has 0 aromatic heterocycles. The Hall–Kier alpha value is -0.620. The fourth-order valence-electron chi connectivity index (χ4n) is 2.92. The van der Waals surface area contributed by atoms with Gasteiger partial charge in [0.1, 0.15) is 28.0 Å². The van der Waals surface area contributed by atoms with Crippen LogP contribution >= 0.6 is 7.92 Å². The van der Waals surface area contributed by atoms with E-state index in [1.165, 1.54) is 25.3 Å². The molecule has 0 spiro atoms. The monoisotopic (exact) mass is 402 g/mol. The number of fused-ring (bicyclic) bond motifs is 1. The molecule has 0 saturated heterocycles. The Morgan fingerprint density at radius 2 is 1.85 bits per heavy atom. The quantitative estimate of drug-likeness (QED) is 0.425. The summed E-state index contributed by atoms with van der Waals surface area (Å²) in [5.74, 6) is 1.34. The van der Waals surface area contributed by atoms with Crippen molar-refractivity contribution in [3.05, 3.63) is 36.4 Å². The van der Waals surface area contributed by atoms with E-state index in [0.29, 0.717) is 17.7 Å². The van der Waals surface area contributed by atoms with Gasteiger partial charge in [0.15, 0.2) is 0 Å². The summed E-state index contributed by atoms with van der Waals surface area (Å²) in [7, 11) is -3.63. The van der Waals surface area contributed by atoms with Crippen LogP contribution in [0.3, 0.4) is 0 Å². The summed E-state index contributed by atoms with van der Waals surface area (Å²) in [6, 6.07) is 9.91. The van der Waals surface area contributed by atoms with Crippen LogP contribution < -0.4 is 44.3 Å². The minimum atomic E-state index is -4.55. The summed E-state index contributed by atoms with van der Waals surface area (Å²) in [6.07, 6.45) is 0.632. The van der Waals surface area contributed by atoms with Crippen molar-refractivity contribution in [1.82, 2.24) is 0 Å². The van der Waals surface area contributed by atoms with Crippen LogP contribution in [-0.4, -0.2) is 31.6 Å². The van der Waals surface area contributed by atoms with E-state index in [2.05, 4.69) is 20.8 Å². The van der Waals surface area contributed by atoms with Gasteiger partial charge in [-0.05, 0) is 42.9 Å². The molecule has 1 unspecified atom stereocenters. The summed E-state index contributed by atoms with van der Waals surface area (Å²) in [6.45, 7) is 6.51. The van der Waals surface area contributed by atoms with E-state index < -0.39 is 18.0 Å². The zero-order valence-electron chi connectivity index (χ0n) is 15.6. The molecule has 5 nitrogen and oxygen atoms in total. The average Bonchev–Trinajstić information content (AvgIpc) is 2.97. The standard InChI is InChI=1S/C18H21O5PS.Na/c1-18(2,3)24-11-23-16-7-5-6-13(17(16)24)14-10-12(25(19,20)21)8-9-15(14)22-4;/h5-10H,11H2,1-4H3,(H,19,20,21);/q;+1/p-1. The number of benzene rings is 2. The van der Waals surface area contributed by atoms with E-state index in [4.69, 9.17) is 9.47 Å². The SMILES string of the molecule is COc1ccc(S(=O)(=O)[O-])cc1-c1cccc2c1P(C(C)(C)C)CO2.[Na+]. The van der Waals surface area contributed by atoms with E-state index in [0.717, 1.165) is 16.6 Å². The van der Waals surface area contributed by atoms with Gasteiger partial charge in [0.2, 0.25) is 0 Å². The molecule has 1 aliphatic rings. The maximum Gasteiger partial charge on any atom is 1.00 e. The van der Waals surface area contributed by atoms with E-state index >= 15 is 0 Å². The molecule has 3 rings (SSSR count). The van der Waals surface area contributed by atoms with Crippen LogP contribution in [0.15, 0.2) is 41.3 Å². The van der Waals surface area contributed by atoms with Crippen molar-refractivity contribution in [2.45, 2.75) is 30.8 Å². The minimum Gasteiger partial charge on any atom is -0.744 e. The maximum absolute atomic E-state index is 11.5. The van der Waals surface area contributed by atoms with E-state index in [1.807, 2.05) is 18.2 Å². The Kier molecular flexibility index (Phi) is 6.49. The Labute approximate surface area is 177 Å². The second kappa shape index (κ2) is 7.78. The molecule has 0 aliphatic carbocycles. The predicted molar refractivity (Wildman–Crippen MR) is 98.2 cm³/mol. The van der Waals surface area contributed by atoms with Crippen LogP contribution in [0.4, 0.5) is 0 Å². The van der Waals surface area contributed by atoms with Gasteiger partial charge in [0.05, 0.1) is 12.0 Å². The first-order valence-electron chi connectivity index (χ1n) is 7.80. The molecule has 0 fully saturated rings. The van der Waals surface area contributed by atoms with E-state index in [1.54, 1.807) is 0 Å². The van der Waals surface area contributed by atoms with Crippen molar-refractivity contribution in [1.29, 1.82) is 0 Å². The topological polar surface area (TPSA) is 75.7 Å². The number of hydrogen-bond donors (Lipinski definition) is 0. The number of rotatable bonds is 3. The number of ether oxygens (including phenoxy) is 2. The molecule has 0 saturated carbocycles. The molecule has 0 bridgehead atoms. The largest absolute Gasteiger partial charge is 1.00 e. The molecule has 1 aliphatic heterocycles. The fraction of sp³-hybridized carbons (Fsp3) is 0.333. The second-order valence-electron chi connectivity index (χ2n) is 6.84. The first kappa shape index (κ1) is 21.7. The third-order valence-corrected chi connectivity index (χ3v) is 8.02. The minimum absolute atomic E-state index is 0. The average molecular weight is 402 g/mol. The van der Waals surface area contributed by atoms with Crippen LogP contribution in [0.1, 0.15) is 20.8 Å². The Morgan fingerprint density at radius 3 is 2.42 bits per heavy atom. The van der Waals surface area contributed by atoms with Crippen LogP contribution in [-0.2, 0) is 10.1 Å². The molecule has 134 valence electrons. The van der Waals surface area contributed by atoms with Crippen LogP contribution in [0.25, 0.3) is 11.1 Å². The molecular formula is C18H20NaO5PS. The zero-order chi connectivity index (χ0) is 18.4. The molecule has 1 atom stereocenters. The summed E-state index contributed by atoms with van der Waals surface area (Å²) in [5.41, 5.74) is 1.46. The third kappa shape index (κ3) is 4.11. The Bertz CT molecular complexity index is 922. The smallest absolute Gasteiger partial charge is 0.744 e. The van der Waals surface area contributed by atoms with Crippen molar-refractivity contribution in [2.24, 2.45) is 0 Å². The van der Waals surface area contributed by atoms with E-state index in [9.17, 15) is 13.0 Å². The molecule has 2 aromatic rings. The first-order chi connectivity index (χ1) is 11.6. The van der Waals surface area contributed by atoms with Gasteiger partial charge in [-0.15, -0.1) is 0 Å². The molecule has 0 amide bonds. The summed E-state index contributed by atoms with van der Waals surface area (Å²) < 4.78 is 45.7. The van der Waals surface area contributed by atoms with Gasteiger partial charge in [0.25, 0.3) is 0 Å². The molecule has 0 N–H and O–H groups in total. The molecule has 0 radical (unpaired) electrons. The zero-order valence-corrected chi connectivity index (χ0v) is 19.3. The fourth-order valence-corrected chi connectivity index (χ4v) is 5.76. The molecule has 2 aromatic carbocycles. The van der Waals surface area contributed by atoms with Crippen molar-refractivity contribution in [2.75, 3.05) is 13.5 Å². The van der Waals surface area contributed by atoms with Crippen molar-refractivity contribution in [3.8, 4) is 22.6 Å². The molecular weight excluding hydrogens is 382 g/mol. The maximum atomic E-state index is 11.5. The second-order valence-corrected chi connectivity index (χ2v) is 11.1. The molecule has 8 heteroatoms. The van der Waals surface area contributed by atoms with Gasteiger partial charge in [0, 0.05) is 10.9 Å². The van der Waals surface area contributed by atoms with E-state index in [-0.39, 0.29) is 39.6 Å². The summed E-state index contributed by atoms with van der Waals surface area (Å²) >= 11 is 0. The van der Waals surface area contributed by atoms with Crippen LogP contribution in [0, 0.1) is 0 Å². The van der Waals surface area contributed by atoms with Gasteiger partial charge >= 0.3 is 29.6 Å². The van der Waals surface area contributed by atoms with Gasteiger partial charge in [-0.3, -0.25) is 0 Å². The molecule has 1 heterocycles. The van der Waals surface area contributed by atoms with Gasteiger partial charge in [-0.25, -0.2) is 8.42 Å². The van der Waals surface area contributed by atoms with Gasteiger partial charge in [-0.2, -0.15) is 0 Å². The Balaban J connectivity index is 0.00000243. The predicted octanol–water partition coefficient (Wildman–Crippen LogP) is 0.526.